The van der Waals surface area contributed by atoms with Crippen LogP contribution < -0.4 is 43.8 Å². The van der Waals surface area contributed by atoms with Crippen LogP contribution in [0.3, 0.4) is 0 Å². The van der Waals surface area contributed by atoms with Crippen LogP contribution >= 0.6 is 0 Å². The minimum absolute atomic E-state index is 0.00445. The van der Waals surface area contributed by atoms with E-state index in [9.17, 15) is 24.0 Å². The first-order valence-electron chi connectivity index (χ1n) is 18.2. The first kappa shape index (κ1) is 44.1. The number of nitrogens with two attached hydrogens (primary N) is 3. The smallest absolute Gasteiger partial charge is 0.328 e. The summed E-state index contributed by atoms with van der Waals surface area (Å²) in [6.07, 6.45) is 5.14. The second-order valence-electron chi connectivity index (χ2n) is 13.2. The number of guanidine groups is 1. The van der Waals surface area contributed by atoms with Gasteiger partial charge in [-0.15, -0.1) is 0 Å². The first-order valence-corrected chi connectivity index (χ1v) is 18.2. The molecule has 2 aromatic rings. The molecule has 12 N–H and O–H groups in total. The molecule has 0 bridgehead atoms. The molecule has 17 nitrogen and oxygen atoms in total. The summed E-state index contributed by atoms with van der Waals surface area (Å²) in [6.45, 7) is 8.39. The second-order valence-corrected chi connectivity index (χ2v) is 13.2. The van der Waals surface area contributed by atoms with Crippen molar-refractivity contribution in [2.24, 2.45) is 28.1 Å². The van der Waals surface area contributed by atoms with E-state index in [2.05, 4.69) is 41.5 Å². The topological polar surface area (TPSA) is 274 Å². The van der Waals surface area contributed by atoms with Crippen molar-refractivity contribution in [2.45, 2.75) is 109 Å². The molecule has 0 fully saturated rings. The van der Waals surface area contributed by atoms with E-state index in [4.69, 9.17) is 21.9 Å². The summed E-state index contributed by atoms with van der Waals surface area (Å²) >= 11 is 0. The van der Waals surface area contributed by atoms with Crippen LogP contribution in [0.15, 0.2) is 47.8 Å². The van der Waals surface area contributed by atoms with E-state index >= 15 is 0 Å². The highest BCUT2D eigenvalue weighted by molar-refractivity contribution is 5.95. The Morgan fingerprint density at radius 3 is 2.08 bits per heavy atom. The SMILES string of the molecule is CCOC(=O)[C@H](CCCN=C(N)N)NC(=O)[C@H](Cc1cnc[nH]1)NC(=O)[C@H](CCCCN)NC(=O)[C@H](CC(C)C)NC(=O)[C@H](C)NCc1ccccc1. The zero-order valence-corrected chi connectivity index (χ0v) is 31.4. The van der Waals surface area contributed by atoms with Crippen molar-refractivity contribution in [3.63, 3.8) is 0 Å². The molecule has 5 atom stereocenters. The number of hydrogen-bond donors (Lipinski definition) is 9. The number of ether oxygens (including phenoxy) is 1. The lowest BCUT2D eigenvalue weighted by Crippen LogP contribution is -2.59. The molecule has 1 aromatic carbocycles. The zero-order valence-electron chi connectivity index (χ0n) is 31.4. The fraction of sp³-hybridized carbons (Fsp3) is 0.583. The molecule has 53 heavy (non-hydrogen) atoms. The number of esters is 1. The third kappa shape index (κ3) is 17.4. The lowest BCUT2D eigenvalue weighted by molar-refractivity contribution is -0.148. The van der Waals surface area contributed by atoms with Crippen LogP contribution in [0.5, 0.6) is 0 Å². The van der Waals surface area contributed by atoms with Crippen molar-refractivity contribution in [3.05, 3.63) is 54.1 Å². The summed E-state index contributed by atoms with van der Waals surface area (Å²) < 4.78 is 5.18. The van der Waals surface area contributed by atoms with E-state index in [1.54, 1.807) is 13.8 Å². The van der Waals surface area contributed by atoms with Crippen LogP contribution in [0, 0.1) is 5.92 Å². The molecule has 0 spiro atoms. The first-order chi connectivity index (χ1) is 25.3. The number of benzene rings is 1. The number of hydrogen-bond acceptors (Lipinski definition) is 10. The number of aromatic nitrogens is 2. The van der Waals surface area contributed by atoms with Gasteiger partial charge >= 0.3 is 5.97 Å². The number of carbonyl (C=O) groups excluding carboxylic acids is 5. The highest BCUT2D eigenvalue weighted by atomic mass is 16.5. The highest BCUT2D eigenvalue weighted by Gasteiger charge is 2.32. The molecule has 0 aliphatic carbocycles. The Bertz CT molecular complexity index is 1430. The molecule has 1 heterocycles. The molecule has 294 valence electrons. The average Bonchev–Trinajstić information content (AvgIpc) is 3.64. The minimum Gasteiger partial charge on any atom is -0.464 e. The third-order valence-electron chi connectivity index (χ3n) is 8.21. The fourth-order valence-electron chi connectivity index (χ4n) is 5.36. The van der Waals surface area contributed by atoms with Crippen molar-refractivity contribution in [1.82, 2.24) is 36.6 Å². The van der Waals surface area contributed by atoms with Crippen LogP contribution in [0.2, 0.25) is 0 Å². The summed E-state index contributed by atoms with van der Waals surface area (Å²) in [5.41, 5.74) is 18.1. The Hall–Kier alpha value is -5.03. The van der Waals surface area contributed by atoms with Gasteiger partial charge in [-0.2, -0.15) is 0 Å². The molecular formula is C36H59N11O6. The summed E-state index contributed by atoms with van der Waals surface area (Å²) in [5.74, 6) is -2.88. The molecule has 0 radical (unpaired) electrons. The molecule has 0 aliphatic heterocycles. The van der Waals surface area contributed by atoms with Gasteiger partial charge in [-0.25, -0.2) is 9.78 Å². The Morgan fingerprint density at radius 2 is 1.45 bits per heavy atom. The molecule has 0 aliphatic rings. The van der Waals surface area contributed by atoms with E-state index < -0.39 is 53.9 Å². The number of imidazole rings is 1. The predicted octanol–water partition coefficient (Wildman–Crippen LogP) is -0.138. The van der Waals surface area contributed by atoms with E-state index in [0.717, 1.165) is 5.56 Å². The van der Waals surface area contributed by atoms with Crippen LogP contribution in [-0.2, 0) is 41.7 Å². The number of aliphatic imine (C=N–C) groups is 1. The number of amides is 4. The maximum Gasteiger partial charge on any atom is 0.328 e. The average molecular weight is 742 g/mol. The van der Waals surface area contributed by atoms with Gasteiger partial charge in [0, 0.05) is 31.4 Å². The van der Waals surface area contributed by atoms with E-state index in [-0.39, 0.29) is 50.2 Å². The number of rotatable bonds is 25. The van der Waals surface area contributed by atoms with Gasteiger partial charge in [-0.05, 0) is 70.4 Å². The molecule has 2 rings (SSSR count). The predicted molar refractivity (Wildman–Crippen MR) is 202 cm³/mol. The number of H-pyrrole nitrogens is 1. The van der Waals surface area contributed by atoms with Crippen LogP contribution in [0.1, 0.15) is 77.5 Å². The fourth-order valence-corrected chi connectivity index (χ4v) is 5.36. The van der Waals surface area contributed by atoms with Gasteiger partial charge in [0.25, 0.3) is 0 Å². The number of nitrogens with one attached hydrogen (secondary N) is 6. The highest BCUT2D eigenvalue weighted by Crippen LogP contribution is 2.10. The van der Waals surface area contributed by atoms with E-state index in [0.29, 0.717) is 44.5 Å². The van der Waals surface area contributed by atoms with Crippen molar-refractivity contribution in [2.75, 3.05) is 19.7 Å². The quantitative estimate of drug-likeness (QED) is 0.0280. The summed E-state index contributed by atoms with van der Waals surface area (Å²) in [4.78, 5) is 78.3. The van der Waals surface area contributed by atoms with Crippen LogP contribution in [-0.4, -0.2) is 95.4 Å². The van der Waals surface area contributed by atoms with Gasteiger partial charge in [0.15, 0.2) is 5.96 Å². The largest absolute Gasteiger partial charge is 0.464 e. The standard InChI is InChI=1S/C36H59N11O6/c1-5-53-35(52)28(15-11-17-41-36(38)39)45-34(51)30(19-26-21-40-22-43-26)47-32(49)27(14-9-10-16-37)44-33(50)29(18-23(2)3)46-31(48)24(4)42-20-25-12-7-6-8-13-25/h6-8,12-13,21-24,27-30,42H,5,9-11,14-20,37H2,1-4H3,(H,40,43)(H,44,50)(H,45,51)(H,46,48)(H,47,49)(H4,38,39,41)/t24-,27-,28-,29-,30-/m0/s1. The van der Waals surface area contributed by atoms with Crippen molar-refractivity contribution < 1.29 is 28.7 Å². The van der Waals surface area contributed by atoms with Gasteiger partial charge in [-0.1, -0.05) is 44.2 Å². The van der Waals surface area contributed by atoms with Gasteiger partial charge in [0.05, 0.1) is 19.0 Å². The minimum atomic E-state index is -1.17. The van der Waals surface area contributed by atoms with Crippen molar-refractivity contribution in [3.8, 4) is 0 Å². The van der Waals surface area contributed by atoms with Gasteiger partial charge in [0.2, 0.25) is 23.6 Å². The van der Waals surface area contributed by atoms with E-state index in [1.807, 2.05) is 44.2 Å². The molecule has 1 aromatic heterocycles. The van der Waals surface area contributed by atoms with Gasteiger partial charge in [-0.3, -0.25) is 24.2 Å². The van der Waals surface area contributed by atoms with Crippen LogP contribution in [0.4, 0.5) is 0 Å². The normalized spacial score (nSPS) is 13.8. The number of carbonyl (C=O) groups is 5. The summed E-state index contributed by atoms with van der Waals surface area (Å²) in [7, 11) is 0. The molecule has 4 amide bonds. The maximum atomic E-state index is 13.9. The maximum absolute atomic E-state index is 13.9. The molecule has 17 heteroatoms. The molecule has 0 saturated heterocycles. The monoisotopic (exact) mass is 741 g/mol. The Balaban J connectivity index is 2.24. The molecule has 0 saturated carbocycles. The van der Waals surface area contributed by atoms with Crippen molar-refractivity contribution >= 4 is 35.6 Å². The molecular weight excluding hydrogens is 682 g/mol. The summed E-state index contributed by atoms with van der Waals surface area (Å²) in [6, 6.07) is 4.82. The van der Waals surface area contributed by atoms with Gasteiger partial charge < -0.3 is 53.5 Å². The zero-order chi connectivity index (χ0) is 39.2. The summed E-state index contributed by atoms with van der Waals surface area (Å²) in [5, 5.41) is 14.3. The van der Waals surface area contributed by atoms with Crippen molar-refractivity contribution in [1.29, 1.82) is 0 Å². The lowest BCUT2D eigenvalue weighted by atomic mass is 10.0. The second kappa shape index (κ2) is 24.3. The number of unbranched alkanes of at least 4 members (excludes halogenated alkanes) is 1. The van der Waals surface area contributed by atoms with Crippen LogP contribution in [0.25, 0.3) is 0 Å². The van der Waals surface area contributed by atoms with E-state index in [1.165, 1.54) is 12.5 Å². The third-order valence-corrected chi connectivity index (χ3v) is 8.21. The Labute approximate surface area is 311 Å². The van der Waals surface area contributed by atoms with Gasteiger partial charge in [0.1, 0.15) is 24.2 Å². The number of aromatic amines is 1. The number of nitrogens with zero attached hydrogens (tertiary/aromatic N) is 2. The lowest BCUT2D eigenvalue weighted by Gasteiger charge is -2.27. The Kier molecular flexibility index (Phi) is 20.2. The Morgan fingerprint density at radius 1 is 0.830 bits per heavy atom. The molecule has 0 unspecified atom stereocenters.